The van der Waals surface area contributed by atoms with Gasteiger partial charge in [0.25, 0.3) is 5.91 Å². The quantitative estimate of drug-likeness (QED) is 0.817. The first-order chi connectivity index (χ1) is 9.66. The summed E-state index contributed by atoms with van der Waals surface area (Å²) in [7, 11) is 0. The topological polar surface area (TPSA) is 29.1 Å². The molecule has 4 heteroatoms. The van der Waals surface area contributed by atoms with Crippen molar-refractivity contribution in [1.82, 2.24) is 5.32 Å². The summed E-state index contributed by atoms with van der Waals surface area (Å²) in [6.45, 7) is 0.608. The minimum absolute atomic E-state index is 0.189. The Hall–Kier alpha value is -1.51. The predicted octanol–water partition coefficient (Wildman–Crippen LogP) is 4.36. The van der Waals surface area contributed by atoms with Gasteiger partial charge in [0, 0.05) is 11.6 Å². The first-order valence-corrected chi connectivity index (χ1v) is 7.19. The lowest BCUT2D eigenvalue weighted by Crippen LogP contribution is -2.25. The highest BCUT2D eigenvalue weighted by molar-refractivity contribution is 6.35. The minimum atomic E-state index is -0.189. The number of carbonyl (C=O) groups is 1. The van der Waals surface area contributed by atoms with Crippen LogP contribution in [0.25, 0.3) is 0 Å². The summed E-state index contributed by atoms with van der Waals surface area (Å²) < 4.78 is 0. The van der Waals surface area contributed by atoms with E-state index in [0.717, 1.165) is 12.8 Å². The van der Waals surface area contributed by atoms with Crippen molar-refractivity contribution in [3.8, 4) is 0 Å². The van der Waals surface area contributed by atoms with Gasteiger partial charge in [0.15, 0.2) is 0 Å². The highest BCUT2D eigenvalue weighted by atomic mass is 35.5. The number of carbonyl (C=O) groups excluding carboxylic acids is 1. The van der Waals surface area contributed by atoms with Gasteiger partial charge in [-0.2, -0.15) is 0 Å². The van der Waals surface area contributed by atoms with Gasteiger partial charge < -0.3 is 5.32 Å². The molecule has 0 saturated heterocycles. The van der Waals surface area contributed by atoms with Crippen LogP contribution in [-0.4, -0.2) is 12.5 Å². The van der Waals surface area contributed by atoms with Crippen LogP contribution < -0.4 is 5.32 Å². The van der Waals surface area contributed by atoms with Crippen LogP contribution in [0, 0.1) is 0 Å². The normalized spacial score (nSPS) is 10.3. The van der Waals surface area contributed by atoms with E-state index >= 15 is 0 Å². The van der Waals surface area contributed by atoms with E-state index in [4.69, 9.17) is 23.2 Å². The molecule has 20 heavy (non-hydrogen) atoms. The van der Waals surface area contributed by atoms with Crippen LogP contribution in [0.4, 0.5) is 0 Å². The third-order valence-electron chi connectivity index (χ3n) is 2.94. The number of hydrogen-bond acceptors (Lipinski definition) is 1. The second-order valence-electron chi connectivity index (χ2n) is 4.47. The first-order valence-electron chi connectivity index (χ1n) is 6.44. The molecule has 2 rings (SSSR count). The van der Waals surface area contributed by atoms with Gasteiger partial charge in [-0.1, -0.05) is 53.5 Å². The van der Waals surface area contributed by atoms with Gasteiger partial charge in [-0.3, -0.25) is 4.79 Å². The van der Waals surface area contributed by atoms with Crippen LogP contribution in [-0.2, 0) is 6.42 Å². The van der Waals surface area contributed by atoms with E-state index < -0.39 is 0 Å². The Morgan fingerprint density at radius 3 is 2.55 bits per heavy atom. The van der Waals surface area contributed by atoms with E-state index in [0.29, 0.717) is 22.2 Å². The van der Waals surface area contributed by atoms with E-state index in [1.165, 1.54) is 5.56 Å². The van der Waals surface area contributed by atoms with Gasteiger partial charge in [-0.05, 0) is 36.6 Å². The lowest BCUT2D eigenvalue weighted by Gasteiger charge is -2.07. The minimum Gasteiger partial charge on any atom is -0.352 e. The van der Waals surface area contributed by atoms with E-state index in [1.54, 1.807) is 18.2 Å². The molecule has 2 aromatic rings. The van der Waals surface area contributed by atoms with Gasteiger partial charge in [-0.15, -0.1) is 0 Å². The van der Waals surface area contributed by atoms with Gasteiger partial charge in [0.1, 0.15) is 0 Å². The number of aryl methyl sites for hydroxylation is 1. The van der Waals surface area contributed by atoms with Gasteiger partial charge >= 0.3 is 0 Å². The number of hydrogen-bond donors (Lipinski definition) is 1. The van der Waals surface area contributed by atoms with Crippen LogP contribution >= 0.6 is 23.2 Å². The first kappa shape index (κ1) is 14.9. The Morgan fingerprint density at radius 2 is 1.80 bits per heavy atom. The Balaban J connectivity index is 1.82. The van der Waals surface area contributed by atoms with E-state index in [1.807, 2.05) is 18.2 Å². The molecule has 104 valence electrons. The second-order valence-corrected chi connectivity index (χ2v) is 5.31. The molecule has 0 aliphatic carbocycles. The molecule has 0 radical (unpaired) electrons. The molecule has 0 aromatic heterocycles. The summed E-state index contributed by atoms with van der Waals surface area (Å²) >= 11 is 11.8. The van der Waals surface area contributed by atoms with Gasteiger partial charge in [0.05, 0.1) is 10.6 Å². The molecule has 0 atom stereocenters. The third kappa shape index (κ3) is 4.26. The fourth-order valence-corrected chi connectivity index (χ4v) is 2.28. The Kier molecular flexibility index (Phi) is 5.45. The van der Waals surface area contributed by atoms with Crippen molar-refractivity contribution in [3.63, 3.8) is 0 Å². The number of nitrogens with one attached hydrogen (secondary N) is 1. The van der Waals surface area contributed by atoms with E-state index in [2.05, 4.69) is 17.4 Å². The molecular formula is C16H15Cl2NO. The molecule has 1 amide bonds. The fourth-order valence-electron chi connectivity index (χ4n) is 1.91. The Bertz CT molecular complexity index is 584. The van der Waals surface area contributed by atoms with Crippen LogP contribution in [0.2, 0.25) is 10.0 Å². The van der Waals surface area contributed by atoms with Crippen LogP contribution in [0.1, 0.15) is 22.3 Å². The lowest BCUT2D eigenvalue weighted by molar-refractivity contribution is 0.0953. The SMILES string of the molecule is O=C(NCCCc1ccccc1)c1cc(Cl)ccc1Cl. The molecule has 2 nitrogen and oxygen atoms in total. The van der Waals surface area contributed by atoms with Crippen LogP contribution in [0.3, 0.4) is 0 Å². The average molecular weight is 308 g/mol. The molecule has 0 unspecified atom stereocenters. The molecular weight excluding hydrogens is 293 g/mol. The Labute approximate surface area is 128 Å². The number of rotatable bonds is 5. The fraction of sp³-hybridized carbons (Fsp3) is 0.188. The maximum atomic E-state index is 12.0. The highest BCUT2D eigenvalue weighted by Gasteiger charge is 2.10. The predicted molar refractivity (Wildman–Crippen MR) is 83.6 cm³/mol. The number of halogens is 2. The van der Waals surface area contributed by atoms with E-state index in [9.17, 15) is 4.79 Å². The van der Waals surface area contributed by atoms with Crippen molar-refractivity contribution < 1.29 is 4.79 Å². The zero-order valence-corrected chi connectivity index (χ0v) is 12.4. The maximum absolute atomic E-state index is 12.0. The molecule has 0 fully saturated rings. The largest absolute Gasteiger partial charge is 0.352 e. The summed E-state index contributed by atoms with van der Waals surface area (Å²) in [5.74, 6) is -0.189. The van der Waals surface area contributed by atoms with Crippen LogP contribution in [0.5, 0.6) is 0 Å². The lowest BCUT2D eigenvalue weighted by atomic mass is 10.1. The van der Waals surface area contributed by atoms with Crippen molar-refractivity contribution in [3.05, 3.63) is 69.7 Å². The third-order valence-corrected chi connectivity index (χ3v) is 3.51. The van der Waals surface area contributed by atoms with Crippen molar-refractivity contribution in [2.24, 2.45) is 0 Å². The van der Waals surface area contributed by atoms with Crippen LogP contribution in [0.15, 0.2) is 48.5 Å². The molecule has 1 N–H and O–H groups in total. The molecule has 2 aromatic carbocycles. The molecule has 0 aliphatic heterocycles. The number of benzene rings is 2. The second kappa shape index (κ2) is 7.32. The summed E-state index contributed by atoms with van der Waals surface area (Å²) in [5.41, 5.74) is 1.68. The van der Waals surface area contributed by atoms with E-state index in [-0.39, 0.29) is 5.91 Å². The number of amides is 1. The molecule has 0 bridgehead atoms. The van der Waals surface area contributed by atoms with Gasteiger partial charge in [-0.25, -0.2) is 0 Å². The van der Waals surface area contributed by atoms with Crippen molar-refractivity contribution >= 4 is 29.1 Å². The summed E-state index contributed by atoms with van der Waals surface area (Å²) in [6.07, 6.45) is 1.82. The molecule has 0 heterocycles. The summed E-state index contributed by atoms with van der Waals surface area (Å²) in [6, 6.07) is 15.0. The standard InChI is InChI=1S/C16H15Cl2NO/c17-13-8-9-15(18)14(11-13)16(20)19-10-4-7-12-5-2-1-3-6-12/h1-3,5-6,8-9,11H,4,7,10H2,(H,19,20). The Morgan fingerprint density at radius 1 is 1.05 bits per heavy atom. The van der Waals surface area contributed by atoms with Crippen molar-refractivity contribution in [2.75, 3.05) is 6.54 Å². The summed E-state index contributed by atoms with van der Waals surface area (Å²) in [5, 5.41) is 3.77. The molecule has 0 saturated carbocycles. The molecule has 0 spiro atoms. The zero-order chi connectivity index (χ0) is 14.4. The monoisotopic (exact) mass is 307 g/mol. The van der Waals surface area contributed by atoms with Crippen molar-refractivity contribution in [1.29, 1.82) is 0 Å². The maximum Gasteiger partial charge on any atom is 0.252 e. The smallest absolute Gasteiger partial charge is 0.252 e. The summed E-state index contributed by atoms with van der Waals surface area (Å²) in [4.78, 5) is 12.0. The van der Waals surface area contributed by atoms with Crippen molar-refractivity contribution in [2.45, 2.75) is 12.8 Å². The van der Waals surface area contributed by atoms with Gasteiger partial charge in [0.2, 0.25) is 0 Å². The highest BCUT2D eigenvalue weighted by Crippen LogP contribution is 2.20. The average Bonchev–Trinajstić information content (AvgIpc) is 2.47. The zero-order valence-electron chi connectivity index (χ0n) is 10.9. The molecule has 0 aliphatic rings.